The van der Waals surface area contributed by atoms with Gasteiger partial charge in [0.1, 0.15) is 5.75 Å². The van der Waals surface area contributed by atoms with E-state index < -0.39 is 0 Å². The van der Waals surface area contributed by atoms with Crippen LogP contribution in [0, 0.1) is 5.92 Å². The van der Waals surface area contributed by atoms with Gasteiger partial charge in [0.2, 0.25) is 0 Å². The van der Waals surface area contributed by atoms with E-state index >= 15 is 0 Å². The second-order valence-electron chi connectivity index (χ2n) is 9.85. The molecule has 0 atom stereocenters. The molecule has 2 heterocycles. The molecular weight excluding hydrogens is 392 g/mol. The maximum atomic E-state index is 5.99. The van der Waals surface area contributed by atoms with E-state index in [1.807, 2.05) is 0 Å². The first-order chi connectivity index (χ1) is 15.8. The summed E-state index contributed by atoms with van der Waals surface area (Å²) in [6.45, 7) is 8.12. The number of hydrogen-bond donors (Lipinski definition) is 0. The van der Waals surface area contributed by atoms with Gasteiger partial charge in [0.15, 0.2) is 0 Å². The van der Waals surface area contributed by atoms with Gasteiger partial charge in [0.05, 0.1) is 6.61 Å². The van der Waals surface area contributed by atoms with Crippen LogP contribution in [0.3, 0.4) is 0 Å². The number of hydrogen-bond acceptors (Lipinski definition) is 3. The van der Waals surface area contributed by atoms with Crippen molar-refractivity contribution in [3.05, 3.63) is 65.7 Å². The summed E-state index contributed by atoms with van der Waals surface area (Å²) in [7, 11) is 0. The van der Waals surface area contributed by atoms with Crippen molar-refractivity contribution in [1.29, 1.82) is 0 Å². The third-order valence-corrected chi connectivity index (χ3v) is 7.29. The van der Waals surface area contributed by atoms with Gasteiger partial charge in [0.25, 0.3) is 0 Å². The number of ether oxygens (including phenoxy) is 1. The zero-order valence-corrected chi connectivity index (χ0v) is 19.9. The van der Waals surface area contributed by atoms with Crippen LogP contribution in [0.1, 0.15) is 62.5 Å². The Hall–Kier alpha value is -1.84. The SMILES string of the molecule is c1ccc(CCCC2CCN(Cc3ccc(OCCCN4CCCCC4)cc3)CC2)cc1. The van der Waals surface area contributed by atoms with Crippen molar-refractivity contribution < 1.29 is 4.74 Å². The second-order valence-corrected chi connectivity index (χ2v) is 9.85. The van der Waals surface area contributed by atoms with Crippen LogP contribution in [0.15, 0.2) is 54.6 Å². The summed E-state index contributed by atoms with van der Waals surface area (Å²) in [4.78, 5) is 5.21. The van der Waals surface area contributed by atoms with Crippen LogP contribution < -0.4 is 4.74 Å². The van der Waals surface area contributed by atoms with Crippen LogP contribution in [0.2, 0.25) is 0 Å². The van der Waals surface area contributed by atoms with Gasteiger partial charge >= 0.3 is 0 Å². The fourth-order valence-corrected chi connectivity index (χ4v) is 5.28. The molecule has 2 aliphatic rings. The minimum Gasteiger partial charge on any atom is -0.494 e. The summed E-state index contributed by atoms with van der Waals surface area (Å²) in [6.07, 6.45) is 11.9. The van der Waals surface area contributed by atoms with Crippen LogP contribution in [-0.2, 0) is 13.0 Å². The lowest BCUT2D eigenvalue weighted by Crippen LogP contribution is -2.33. The van der Waals surface area contributed by atoms with E-state index in [1.54, 1.807) is 0 Å². The van der Waals surface area contributed by atoms with Crippen LogP contribution in [-0.4, -0.2) is 49.1 Å². The first-order valence-electron chi connectivity index (χ1n) is 13.1. The second kappa shape index (κ2) is 13.0. The lowest BCUT2D eigenvalue weighted by molar-refractivity contribution is 0.171. The molecule has 0 aromatic heterocycles. The Balaban J connectivity index is 1.08. The van der Waals surface area contributed by atoms with Gasteiger partial charge in [0, 0.05) is 13.1 Å². The van der Waals surface area contributed by atoms with Gasteiger partial charge < -0.3 is 9.64 Å². The van der Waals surface area contributed by atoms with Crippen molar-refractivity contribution >= 4 is 0 Å². The van der Waals surface area contributed by atoms with Crippen molar-refractivity contribution in [1.82, 2.24) is 9.80 Å². The number of rotatable bonds is 11. The van der Waals surface area contributed by atoms with Gasteiger partial charge in [-0.25, -0.2) is 0 Å². The Labute approximate surface area is 195 Å². The molecule has 2 aromatic rings. The molecule has 0 aliphatic carbocycles. The zero-order valence-electron chi connectivity index (χ0n) is 19.9. The highest BCUT2D eigenvalue weighted by atomic mass is 16.5. The third-order valence-electron chi connectivity index (χ3n) is 7.29. The number of likely N-dealkylation sites (tertiary alicyclic amines) is 2. The number of piperidine rings is 2. The lowest BCUT2D eigenvalue weighted by atomic mass is 9.90. The fraction of sp³-hybridized carbons (Fsp3) is 0.586. The molecule has 2 saturated heterocycles. The Morgan fingerprint density at radius 1 is 0.719 bits per heavy atom. The van der Waals surface area contributed by atoms with Gasteiger partial charge in [-0.1, -0.05) is 55.3 Å². The van der Waals surface area contributed by atoms with E-state index in [4.69, 9.17) is 4.74 Å². The Bertz CT molecular complexity index is 746. The number of nitrogens with zero attached hydrogens (tertiary/aromatic N) is 2. The molecule has 3 heteroatoms. The first kappa shape index (κ1) is 23.3. The molecule has 0 N–H and O–H groups in total. The number of aryl methyl sites for hydroxylation is 1. The molecule has 0 unspecified atom stereocenters. The predicted octanol–water partition coefficient (Wildman–Crippen LogP) is 6.18. The average molecular weight is 435 g/mol. The van der Waals surface area contributed by atoms with E-state index in [0.29, 0.717) is 0 Å². The summed E-state index contributed by atoms with van der Waals surface area (Å²) in [5, 5.41) is 0. The first-order valence-corrected chi connectivity index (χ1v) is 13.1. The van der Waals surface area contributed by atoms with E-state index in [1.165, 1.54) is 95.2 Å². The number of benzene rings is 2. The molecule has 0 spiro atoms. The summed E-state index contributed by atoms with van der Waals surface area (Å²) in [5.41, 5.74) is 2.90. The van der Waals surface area contributed by atoms with E-state index in [-0.39, 0.29) is 0 Å². The molecule has 3 nitrogen and oxygen atoms in total. The fourth-order valence-electron chi connectivity index (χ4n) is 5.28. The smallest absolute Gasteiger partial charge is 0.119 e. The van der Waals surface area contributed by atoms with Crippen LogP contribution in [0.25, 0.3) is 0 Å². The maximum Gasteiger partial charge on any atom is 0.119 e. The van der Waals surface area contributed by atoms with E-state index in [0.717, 1.165) is 31.2 Å². The molecule has 0 radical (unpaired) electrons. The molecule has 0 amide bonds. The van der Waals surface area contributed by atoms with Crippen LogP contribution in [0.5, 0.6) is 5.75 Å². The molecule has 2 fully saturated rings. The van der Waals surface area contributed by atoms with Crippen molar-refractivity contribution in [3.63, 3.8) is 0 Å². The zero-order chi connectivity index (χ0) is 21.8. The molecule has 2 aromatic carbocycles. The molecule has 4 rings (SSSR count). The Morgan fingerprint density at radius 2 is 1.47 bits per heavy atom. The van der Waals surface area contributed by atoms with Crippen molar-refractivity contribution in [2.45, 2.75) is 64.3 Å². The average Bonchev–Trinajstić information content (AvgIpc) is 2.85. The summed E-state index contributed by atoms with van der Waals surface area (Å²) < 4.78 is 5.99. The highest BCUT2D eigenvalue weighted by Gasteiger charge is 2.19. The molecule has 0 saturated carbocycles. The van der Waals surface area contributed by atoms with Crippen LogP contribution >= 0.6 is 0 Å². The third kappa shape index (κ3) is 7.94. The van der Waals surface area contributed by atoms with Crippen molar-refractivity contribution in [3.8, 4) is 5.75 Å². The van der Waals surface area contributed by atoms with E-state index in [9.17, 15) is 0 Å². The summed E-state index contributed by atoms with van der Waals surface area (Å²) >= 11 is 0. The molecule has 32 heavy (non-hydrogen) atoms. The normalized spacial score (nSPS) is 18.6. The lowest BCUT2D eigenvalue weighted by Gasteiger charge is -2.32. The minimum atomic E-state index is 0.827. The van der Waals surface area contributed by atoms with Crippen molar-refractivity contribution in [2.24, 2.45) is 5.92 Å². The molecule has 2 aliphatic heterocycles. The summed E-state index contributed by atoms with van der Waals surface area (Å²) in [5.74, 6) is 1.93. The molecule has 0 bridgehead atoms. The monoisotopic (exact) mass is 434 g/mol. The highest BCUT2D eigenvalue weighted by molar-refractivity contribution is 5.27. The van der Waals surface area contributed by atoms with Gasteiger partial charge in [-0.3, -0.25) is 4.90 Å². The largest absolute Gasteiger partial charge is 0.494 e. The van der Waals surface area contributed by atoms with Crippen LogP contribution in [0.4, 0.5) is 0 Å². The predicted molar refractivity (Wildman–Crippen MR) is 134 cm³/mol. The Kier molecular flexibility index (Phi) is 9.48. The highest BCUT2D eigenvalue weighted by Crippen LogP contribution is 2.24. The Morgan fingerprint density at radius 3 is 2.22 bits per heavy atom. The van der Waals surface area contributed by atoms with E-state index in [2.05, 4.69) is 64.4 Å². The maximum absolute atomic E-state index is 5.99. The topological polar surface area (TPSA) is 15.7 Å². The van der Waals surface area contributed by atoms with Gasteiger partial charge in [-0.05, 0) is 100 Å². The van der Waals surface area contributed by atoms with Gasteiger partial charge in [-0.2, -0.15) is 0 Å². The quantitative estimate of drug-likeness (QED) is 0.393. The van der Waals surface area contributed by atoms with Gasteiger partial charge in [-0.15, -0.1) is 0 Å². The molecule has 174 valence electrons. The van der Waals surface area contributed by atoms with Crippen molar-refractivity contribution in [2.75, 3.05) is 39.3 Å². The standard InChI is InChI=1S/C29H42N2O/c1-3-9-26(10-4-1)11-7-12-27-17-22-31(23-18-27)25-28-13-15-29(16-14-28)32-24-8-21-30-19-5-2-6-20-30/h1,3-4,9-10,13-16,27H,2,5-8,11-12,17-25H2. The molecular formula is C29H42N2O. The minimum absolute atomic E-state index is 0.827. The summed E-state index contributed by atoms with van der Waals surface area (Å²) in [6, 6.07) is 19.8.